The van der Waals surface area contributed by atoms with Crippen LogP contribution in [-0.2, 0) is 9.53 Å². The Balaban J connectivity index is 2.62. The monoisotopic (exact) mass is 258 g/mol. The lowest BCUT2D eigenvalue weighted by atomic mass is 10.00. The van der Waals surface area contributed by atoms with Gasteiger partial charge in [-0.25, -0.2) is 9.59 Å². The van der Waals surface area contributed by atoms with E-state index < -0.39 is 11.5 Å². The van der Waals surface area contributed by atoms with Crippen LogP contribution in [0.3, 0.4) is 0 Å². The van der Waals surface area contributed by atoms with Crippen LogP contribution in [0.15, 0.2) is 0 Å². The highest BCUT2D eigenvalue weighted by Crippen LogP contribution is 2.27. The van der Waals surface area contributed by atoms with Crippen molar-refractivity contribution in [2.75, 3.05) is 20.3 Å². The Bertz CT molecular complexity index is 317. The van der Waals surface area contributed by atoms with Gasteiger partial charge in [-0.1, -0.05) is 6.92 Å². The summed E-state index contributed by atoms with van der Waals surface area (Å²) in [7, 11) is 1.58. The molecule has 104 valence electrons. The Kier molecular flexibility index (Phi) is 4.95. The number of amides is 2. The first-order valence-corrected chi connectivity index (χ1v) is 6.25. The lowest BCUT2D eigenvalue weighted by Gasteiger charge is -2.30. The van der Waals surface area contributed by atoms with Crippen LogP contribution in [-0.4, -0.2) is 53.8 Å². The molecule has 0 bridgehead atoms. The van der Waals surface area contributed by atoms with Gasteiger partial charge in [0.1, 0.15) is 5.54 Å². The number of methoxy groups -OCH3 is 1. The van der Waals surface area contributed by atoms with Crippen molar-refractivity contribution in [2.24, 2.45) is 0 Å². The molecule has 1 aliphatic rings. The second-order valence-electron chi connectivity index (χ2n) is 4.84. The Morgan fingerprint density at radius 1 is 1.50 bits per heavy atom. The molecule has 0 aliphatic heterocycles. The molecule has 1 aliphatic carbocycles. The minimum atomic E-state index is -1.21. The zero-order valence-corrected chi connectivity index (χ0v) is 11.2. The van der Waals surface area contributed by atoms with Crippen LogP contribution in [0, 0.1) is 0 Å². The molecule has 1 unspecified atom stereocenters. The van der Waals surface area contributed by atoms with Crippen LogP contribution in [0.5, 0.6) is 0 Å². The predicted octanol–water partition coefficient (Wildman–Crippen LogP) is 1.06. The lowest BCUT2D eigenvalue weighted by molar-refractivity contribution is -0.143. The Labute approximate surface area is 107 Å². The molecule has 0 spiro atoms. The van der Waals surface area contributed by atoms with Crippen LogP contribution >= 0.6 is 0 Å². The maximum atomic E-state index is 12.1. The zero-order chi connectivity index (χ0) is 13.8. The second-order valence-corrected chi connectivity index (χ2v) is 4.84. The van der Waals surface area contributed by atoms with Crippen molar-refractivity contribution in [3.63, 3.8) is 0 Å². The number of hydrogen-bond acceptors (Lipinski definition) is 3. The van der Waals surface area contributed by atoms with Gasteiger partial charge in [-0.05, 0) is 26.2 Å². The molecular formula is C12H22N2O4. The van der Waals surface area contributed by atoms with Crippen LogP contribution in [0.4, 0.5) is 4.79 Å². The van der Waals surface area contributed by atoms with Gasteiger partial charge in [0.15, 0.2) is 0 Å². The van der Waals surface area contributed by atoms with Crippen molar-refractivity contribution in [3.05, 3.63) is 0 Å². The van der Waals surface area contributed by atoms with Gasteiger partial charge in [0.05, 0.1) is 6.61 Å². The first-order valence-electron chi connectivity index (χ1n) is 6.25. The molecule has 6 heteroatoms. The fourth-order valence-electron chi connectivity index (χ4n) is 1.63. The van der Waals surface area contributed by atoms with Gasteiger partial charge < -0.3 is 20.1 Å². The van der Waals surface area contributed by atoms with E-state index in [1.165, 1.54) is 6.92 Å². The van der Waals surface area contributed by atoms with E-state index in [9.17, 15) is 9.59 Å². The number of hydrogen-bond donors (Lipinski definition) is 2. The van der Waals surface area contributed by atoms with Crippen molar-refractivity contribution in [1.82, 2.24) is 10.2 Å². The summed E-state index contributed by atoms with van der Waals surface area (Å²) in [5.74, 6) is -1.01. The molecule has 1 fully saturated rings. The molecule has 0 aromatic carbocycles. The number of carboxylic acid groups (broad SMARTS) is 1. The molecule has 0 heterocycles. The smallest absolute Gasteiger partial charge is 0.329 e. The van der Waals surface area contributed by atoms with Crippen molar-refractivity contribution < 1.29 is 19.4 Å². The summed E-state index contributed by atoms with van der Waals surface area (Å²) in [4.78, 5) is 24.9. The number of carbonyl (C=O) groups is 2. The summed E-state index contributed by atoms with van der Waals surface area (Å²) >= 11 is 0. The summed E-state index contributed by atoms with van der Waals surface area (Å²) in [5.41, 5.74) is -1.21. The van der Waals surface area contributed by atoms with Crippen LogP contribution in [0.2, 0.25) is 0 Å². The van der Waals surface area contributed by atoms with Crippen molar-refractivity contribution in [1.29, 1.82) is 0 Å². The van der Waals surface area contributed by atoms with E-state index in [0.717, 1.165) is 12.8 Å². The molecule has 0 aromatic rings. The highest BCUT2D eigenvalue weighted by molar-refractivity contribution is 5.86. The fourth-order valence-corrected chi connectivity index (χ4v) is 1.63. The number of urea groups is 1. The number of carbonyl (C=O) groups excluding carboxylic acids is 1. The second kappa shape index (κ2) is 6.04. The molecule has 1 saturated carbocycles. The third-order valence-corrected chi connectivity index (χ3v) is 3.35. The number of carboxylic acids is 1. The Morgan fingerprint density at radius 3 is 2.50 bits per heavy atom. The van der Waals surface area contributed by atoms with E-state index in [2.05, 4.69) is 5.32 Å². The third-order valence-electron chi connectivity index (χ3n) is 3.35. The number of rotatable bonds is 7. The SMILES string of the molecule is CCC(C)(NC(=O)N(CCOC)C1CC1)C(=O)O. The molecule has 6 nitrogen and oxygen atoms in total. The van der Waals surface area contributed by atoms with Crippen LogP contribution in [0.1, 0.15) is 33.1 Å². The highest BCUT2D eigenvalue weighted by atomic mass is 16.5. The van der Waals surface area contributed by atoms with E-state index in [4.69, 9.17) is 9.84 Å². The number of nitrogens with one attached hydrogen (secondary N) is 1. The van der Waals surface area contributed by atoms with Gasteiger partial charge in [0.2, 0.25) is 0 Å². The van der Waals surface area contributed by atoms with Crippen LogP contribution < -0.4 is 5.32 Å². The van der Waals surface area contributed by atoms with E-state index in [0.29, 0.717) is 19.6 Å². The normalized spacial score (nSPS) is 17.9. The van der Waals surface area contributed by atoms with Gasteiger partial charge in [-0.2, -0.15) is 0 Å². The first-order chi connectivity index (χ1) is 8.44. The van der Waals surface area contributed by atoms with E-state index in [1.807, 2.05) is 0 Å². The number of ether oxygens (including phenoxy) is 1. The minimum absolute atomic E-state index is 0.232. The summed E-state index contributed by atoms with van der Waals surface area (Å²) in [5, 5.41) is 11.7. The van der Waals surface area contributed by atoms with Gasteiger partial charge in [0.25, 0.3) is 0 Å². The standard InChI is InChI=1S/C12H22N2O4/c1-4-12(2,10(15)16)13-11(17)14(7-8-18-3)9-5-6-9/h9H,4-8H2,1-3H3,(H,13,17)(H,15,16). The summed E-state index contributed by atoms with van der Waals surface area (Å²) in [6.07, 6.45) is 2.30. The average molecular weight is 258 g/mol. The molecular weight excluding hydrogens is 236 g/mol. The molecule has 18 heavy (non-hydrogen) atoms. The van der Waals surface area contributed by atoms with Crippen LogP contribution in [0.25, 0.3) is 0 Å². The molecule has 0 radical (unpaired) electrons. The van der Waals surface area contributed by atoms with E-state index in [1.54, 1.807) is 18.9 Å². The average Bonchev–Trinajstić information content (AvgIpc) is 3.13. The highest BCUT2D eigenvalue weighted by Gasteiger charge is 2.38. The number of nitrogens with zero attached hydrogens (tertiary/aromatic N) is 1. The molecule has 1 atom stereocenters. The first kappa shape index (κ1) is 14.8. The summed E-state index contributed by atoms with van der Waals surface area (Å²) in [6.45, 7) is 4.21. The van der Waals surface area contributed by atoms with Gasteiger partial charge in [-0.3, -0.25) is 0 Å². The summed E-state index contributed by atoms with van der Waals surface area (Å²) < 4.78 is 4.97. The molecule has 0 aromatic heterocycles. The topological polar surface area (TPSA) is 78.9 Å². The van der Waals surface area contributed by atoms with E-state index >= 15 is 0 Å². The Hall–Kier alpha value is -1.30. The number of aliphatic carboxylic acids is 1. The van der Waals surface area contributed by atoms with Crippen molar-refractivity contribution in [3.8, 4) is 0 Å². The molecule has 0 saturated heterocycles. The zero-order valence-electron chi connectivity index (χ0n) is 11.2. The minimum Gasteiger partial charge on any atom is -0.480 e. The molecule has 2 N–H and O–H groups in total. The maximum Gasteiger partial charge on any atom is 0.329 e. The third kappa shape index (κ3) is 3.60. The summed E-state index contributed by atoms with van der Waals surface area (Å²) in [6, 6.07) is -0.0867. The predicted molar refractivity (Wildman–Crippen MR) is 66.5 cm³/mol. The quantitative estimate of drug-likeness (QED) is 0.715. The Morgan fingerprint density at radius 2 is 2.11 bits per heavy atom. The van der Waals surface area contributed by atoms with Gasteiger partial charge >= 0.3 is 12.0 Å². The van der Waals surface area contributed by atoms with Gasteiger partial charge in [0, 0.05) is 19.7 Å². The largest absolute Gasteiger partial charge is 0.480 e. The lowest BCUT2D eigenvalue weighted by Crippen LogP contribution is -2.56. The molecule has 2 amide bonds. The molecule has 1 rings (SSSR count). The maximum absolute atomic E-state index is 12.1. The van der Waals surface area contributed by atoms with Crippen molar-refractivity contribution >= 4 is 12.0 Å². The van der Waals surface area contributed by atoms with E-state index in [-0.39, 0.29) is 12.1 Å². The van der Waals surface area contributed by atoms with Crippen molar-refractivity contribution in [2.45, 2.75) is 44.7 Å². The fraction of sp³-hybridized carbons (Fsp3) is 0.833. The van der Waals surface area contributed by atoms with Gasteiger partial charge in [-0.15, -0.1) is 0 Å².